The smallest absolute Gasteiger partial charge is 0.295 e. The number of aryl methyl sites for hydroxylation is 1. The molecule has 41 heavy (non-hydrogen) atoms. The van der Waals surface area contributed by atoms with E-state index in [4.69, 9.17) is 9.72 Å². The molecule has 1 unspecified atom stereocenters. The third-order valence-electron chi connectivity index (χ3n) is 7.55. The average Bonchev–Trinajstić information content (AvgIpc) is 3.72. The van der Waals surface area contributed by atoms with E-state index >= 15 is 0 Å². The van der Waals surface area contributed by atoms with Crippen LogP contribution in [-0.2, 0) is 34.1 Å². The maximum atomic E-state index is 13.8. The number of nitrogens with one attached hydrogen (secondary N) is 1. The van der Waals surface area contributed by atoms with Crippen molar-refractivity contribution < 1.29 is 13.2 Å². The van der Waals surface area contributed by atoms with E-state index in [1.165, 1.54) is 12.3 Å². The summed E-state index contributed by atoms with van der Waals surface area (Å²) in [6.45, 7) is 4.82. The number of aromatic nitrogens is 7. The van der Waals surface area contributed by atoms with Crippen LogP contribution >= 0.6 is 0 Å². The molecule has 1 aliphatic heterocycles. The Hall–Kier alpha value is -3.84. The quantitative estimate of drug-likeness (QED) is 0.296. The summed E-state index contributed by atoms with van der Waals surface area (Å²) < 4.78 is 31.7. The van der Waals surface area contributed by atoms with E-state index in [1.54, 1.807) is 30.1 Å². The molecule has 1 aliphatic carbocycles. The standard InChI is InChI=1S/C28H32N8O4S/c1-3-21-23(24(17-7-8-17)33-16-32-21)25-31-14-22-27(35-25)36(15-19-6-5-11-40-19)28(37)26(34-22)30-12-18-9-10-20(13-29-18)41(38,39)4-2/h9-10,13-14,16-17,19H,3-8,11-12,15H2,1-2H3,(H,30,34). The molecule has 0 radical (unpaired) electrons. The SMILES string of the molecule is CCc1ncnc(C2CC2)c1-c1ncc2nc(NCc3ccc(S(=O)(=O)CC)cn3)c(=O)n(CC3CCCO3)c2n1. The Bertz CT molecular complexity index is 1750. The van der Waals surface area contributed by atoms with Crippen LogP contribution in [0.15, 0.2) is 40.5 Å². The van der Waals surface area contributed by atoms with Crippen LogP contribution in [0.4, 0.5) is 5.82 Å². The van der Waals surface area contributed by atoms with Crippen LogP contribution in [0.5, 0.6) is 0 Å². The van der Waals surface area contributed by atoms with Crippen LogP contribution < -0.4 is 10.9 Å². The molecule has 0 amide bonds. The Kier molecular flexibility index (Phi) is 7.47. The van der Waals surface area contributed by atoms with Crippen molar-refractivity contribution >= 4 is 26.8 Å². The molecule has 0 bridgehead atoms. The van der Waals surface area contributed by atoms with Gasteiger partial charge >= 0.3 is 0 Å². The lowest BCUT2D eigenvalue weighted by atomic mass is 10.1. The van der Waals surface area contributed by atoms with Crippen molar-refractivity contribution in [2.24, 2.45) is 0 Å². The van der Waals surface area contributed by atoms with Crippen molar-refractivity contribution in [3.8, 4) is 11.4 Å². The van der Waals surface area contributed by atoms with Crippen LogP contribution in [0.25, 0.3) is 22.6 Å². The van der Waals surface area contributed by atoms with Crippen molar-refractivity contribution in [2.75, 3.05) is 17.7 Å². The van der Waals surface area contributed by atoms with Gasteiger partial charge < -0.3 is 10.1 Å². The predicted molar refractivity (Wildman–Crippen MR) is 152 cm³/mol. The topological polar surface area (TPSA) is 155 Å². The first kappa shape index (κ1) is 27.3. The van der Waals surface area contributed by atoms with E-state index in [2.05, 4.69) is 30.2 Å². The van der Waals surface area contributed by atoms with Crippen molar-refractivity contribution in [1.29, 1.82) is 0 Å². The van der Waals surface area contributed by atoms with Crippen molar-refractivity contribution in [1.82, 2.24) is 34.5 Å². The monoisotopic (exact) mass is 576 g/mol. The van der Waals surface area contributed by atoms with Crippen LogP contribution in [0, 0.1) is 0 Å². The molecule has 4 aromatic heterocycles. The number of hydrogen-bond acceptors (Lipinski definition) is 11. The summed E-state index contributed by atoms with van der Waals surface area (Å²) in [5, 5.41) is 3.08. The van der Waals surface area contributed by atoms with Gasteiger partial charge in [0, 0.05) is 18.7 Å². The maximum absolute atomic E-state index is 13.8. The lowest BCUT2D eigenvalue weighted by Crippen LogP contribution is -2.30. The molecule has 1 saturated heterocycles. The molecule has 1 N–H and O–H groups in total. The number of anilines is 1. The minimum absolute atomic E-state index is 0.000267. The molecule has 2 aliphatic rings. The molecule has 13 heteroatoms. The molecule has 0 spiro atoms. The second kappa shape index (κ2) is 11.2. The lowest BCUT2D eigenvalue weighted by Gasteiger charge is -2.17. The van der Waals surface area contributed by atoms with E-state index < -0.39 is 9.84 Å². The summed E-state index contributed by atoms with van der Waals surface area (Å²) in [5.41, 5.74) is 3.83. The van der Waals surface area contributed by atoms with E-state index in [0.717, 1.165) is 42.6 Å². The second-order valence-corrected chi connectivity index (χ2v) is 12.6. The molecule has 6 rings (SSSR count). The average molecular weight is 577 g/mol. The minimum Gasteiger partial charge on any atom is -0.376 e. The third kappa shape index (κ3) is 5.55. The zero-order valence-corrected chi connectivity index (χ0v) is 23.9. The predicted octanol–water partition coefficient (Wildman–Crippen LogP) is 3.06. The fourth-order valence-electron chi connectivity index (χ4n) is 5.09. The first-order valence-corrected chi connectivity index (χ1v) is 15.7. The van der Waals surface area contributed by atoms with Gasteiger partial charge in [-0.1, -0.05) is 13.8 Å². The highest BCUT2D eigenvalue weighted by Gasteiger charge is 2.31. The fourth-order valence-corrected chi connectivity index (χ4v) is 5.91. The zero-order valence-electron chi connectivity index (χ0n) is 23.1. The largest absolute Gasteiger partial charge is 0.376 e. The normalized spacial score (nSPS) is 17.3. The van der Waals surface area contributed by atoms with E-state index in [-0.39, 0.29) is 34.7 Å². The molecular weight excluding hydrogens is 544 g/mol. The van der Waals surface area contributed by atoms with E-state index in [1.807, 2.05) is 6.92 Å². The summed E-state index contributed by atoms with van der Waals surface area (Å²) in [5.74, 6) is 1.00. The Morgan fingerprint density at radius 1 is 1.05 bits per heavy atom. The molecule has 4 aromatic rings. The van der Waals surface area contributed by atoms with Crippen LogP contribution in [-0.4, -0.2) is 61.4 Å². The number of rotatable bonds is 10. The Balaban J connectivity index is 1.38. The minimum atomic E-state index is -3.34. The van der Waals surface area contributed by atoms with Gasteiger partial charge in [-0.05, 0) is 44.2 Å². The molecule has 1 atom stereocenters. The molecule has 5 heterocycles. The highest BCUT2D eigenvalue weighted by atomic mass is 32.2. The Morgan fingerprint density at radius 3 is 2.59 bits per heavy atom. The number of ether oxygens (including phenoxy) is 1. The van der Waals surface area contributed by atoms with E-state index in [9.17, 15) is 13.2 Å². The Morgan fingerprint density at radius 2 is 1.90 bits per heavy atom. The molecular formula is C28H32N8O4S. The molecule has 12 nitrogen and oxygen atoms in total. The van der Waals surface area contributed by atoms with Gasteiger partial charge in [0.1, 0.15) is 11.8 Å². The van der Waals surface area contributed by atoms with E-state index in [0.29, 0.717) is 48.2 Å². The summed E-state index contributed by atoms with van der Waals surface area (Å²) >= 11 is 0. The van der Waals surface area contributed by atoms with Gasteiger partial charge in [0.15, 0.2) is 27.1 Å². The number of pyridine rings is 1. The first-order chi connectivity index (χ1) is 19.9. The Labute approximate surface area is 237 Å². The number of nitrogens with zero attached hydrogens (tertiary/aromatic N) is 7. The van der Waals surface area contributed by atoms with Gasteiger partial charge in [0.05, 0.1) is 58.7 Å². The van der Waals surface area contributed by atoms with Crippen molar-refractivity contribution in [2.45, 2.75) is 76.0 Å². The molecule has 1 saturated carbocycles. The number of sulfone groups is 1. The molecule has 2 fully saturated rings. The zero-order chi connectivity index (χ0) is 28.6. The van der Waals surface area contributed by atoms with Crippen LogP contribution in [0.1, 0.15) is 62.5 Å². The van der Waals surface area contributed by atoms with Crippen LogP contribution in [0.2, 0.25) is 0 Å². The molecule has 214 valence electrons. The van der Waals surface area contributed by atoms with Gasteiger partial charge in [-0.3, -0.25) is 14.3 Å². The molecule has 0 aromatic carbocycles. The number of hydrogen-bond donors (Lipinski definition) is 1. The first-order valence-electron chi connectivity index (χ1n) is 14.0. The van der Waals surface area contributed by atoms with Gasteiger partial charge in [-0.15, -0.1) is 0 Å². The summed E-state index contributed by atoms with van der Waals surface area (Å²) in [6, 6.07) is 3.15. The summed E-state index contributed by atoms with van der Waals surface area (Å²) in [6.07, 6.45) is 9.13. The fraction of sp³-hybridized carbons (Fsp3) is 0.464. The second-order valence-electron chi connectivity index (χ2n) is 10.4. The highest BCUT2D eigenvalue weighted by molar-refractivity contribution is 7.91. The van der Waals surface area contributed by atoms with Gasteiger partial charge in [0.25, 0.3) is 5.56 Å². The summed E-state index contributed by atoms with van der Waals surface area (Å²) in [7, 11) is -3.34. The van der Waals surface area contributed by atoms with Crippen molar-refractivity contribution in [3.05, 3.63) is 58.3 Å². The van der Waals surface area contributed by atoms with Gasteiger partial charge in [-0.2, -0.15) is 0 Å². The maximum Gasteiger partial charge on any atom is 0.295 e. The lowest BCUT2D eigenvalue weighted by molar-refractivity contribution is 0.0971. The van der Waals surface area contributed by atoms with Crippen molar-refractivity contribution in [3.63, 3.8) is 0 Å². The van der Waals surface area contributed by atoms with Gasteiger partial charge in [-0.25, -0.2) is 33.3 Å². The highest BCUT2D eigenvalue weighted by Crippen LogP contribution is 2.43. The summed E-state index contributed by atoms with van der Waals surface area (Å²) in [4.78, 5) is 41.4. The van der Waals surface area contributed by atoms with Gasteiger partial charge in [0.2, 0.25) is 0 Å². The number of fused-ring (bicyclic) bond motifs is 1. The third-order valence-corrected chi connectivity index (χ3v) is 9.27. The van der Waals surface area contributed by atoms with Crippen LogP contribution in [0.3, 0.4) is 0 Å².